The SMILES string of the molecule is CCCn1ccnc(N(CCN)C2CCCC2)c1=O. The summed E-state index contributed by atoms with van der Waals surface area (Å²) in [7, 11) is 0. The lowest BCUT2D eigenvalue weighted by Gasteiger charge is -2.29. The van der Waals surface area contributed by atoms with Gasteiger partial charge in [-0.25, -0.2) is 4.98 Å². The van der Waals surface area contributed by atoms with Gasteiger partial charge in [-0.05, 0) is 19.3 Å². The molecule has 0 spiro atoms. The van der Waals surface area contributed by atoms with Crippen molar-refractivity contribution in [1.29, 1.82) is 0 Å². The second-order valence-corrected chi connectivity index (χ2v) is 5.17. The van der Waals surface area contributed by atoms with Gasteiger partial charge in [-0.3, -0.25) is 4.79 Å². The van der Waals surface area contributed by atoms with Crippen molar-refractivity contribution in [2.75, 3.05) is 18.0 Å². The highest BCUT2D eigenvalue weighted by atomic mass is 16.1. The molecule has 1 aromatic rings. The van der Waals surface area contributed by atoms with Crippen molar-refractivity contribution in [1.82, 2.24) is 9.55 Å². The number of aromatic nitrogens is 2. The molecule has 5 nitrogen and oxygen atoms in total. The van der Waals surface area contributed by atoms with Crippen LogP contribution in [0.15, 0.2) is 17.2 Å². The molecule has 0 aliphatic heterocycles. The third-order valence-corrected chi connectivity index (χ3v) is 3.77. The molecule has 0 atom stereocenters. The van der Waals surface area contributed by atoms with E-state index in [1.807, 2.05) is 0 Å². The fraction of sp³-hybridized carbons (Fsp3) is 0.714. The van der Waals surface area contributed by atoms with Crippen LogP contribution >= 0.6 is 0 Å². The van der Waals surface area contributed by atoms with Crippen molar-refractivity contribution in [2.24, 2.45) is 5.73 Å². The van der Waals surface area contributed by atoms with E-state index in [2.05, 4.69) is 16.8 Å². The van der Waals surface area contributed by atoms with Crippen LogP contribution in [0.2, 0.25) is 0 Å². The van der Waals surface area contributed by atoms with Crippen LogP contribution in [0.4, 0.5) is 5.82 Å². The molecule has 106 valence electrons. The van der Waals surface area contributed by atoms with E-state index in [-0.39, 0.29) is 5.56 Å². The van der Waals surface area contributed by atoms with Gasteiger partial charge in [0.2, 0.25) is 0 Å². The molecule has 1 saturated carbocycles. The highest BCUT2D eigenvalue weighted by Crippen LogP contribution is 2.25. The second kappa shape index (κ2) is 6.70. The Labute approximate surface area is 114 Å². The lowest BCUT2D eigenvalue weighted by molar-refractivity contribution is 0.584. The molecule has 1 fully saturated rings. The molecule has 1 aliphatic rings. The number of nitrogens with zero attached hydrogens (tertiary/aromatic N) is 3. The van der Waals surface area contributed by atoms with Crippen LogP contribution in [-0.2, 0) is 6.54 Å². The third kappa shape index (κ3) is 3.15. The van der Waals surface area contributed by atoms with Crippen molar-refractivity contribution in [3.63, 3.8) is 0 Å². The fourth-order valence-electron chi connectivity index (χ4n) is 2.87. The van der Waals surface area contributed by atoms with Gasteiger partial charge < -0.3 is 15.2 Å². The molecule has 0 bridgehead atoms. The monoisotopic (exact) mass is 264 g/mol. The van der Waals surface area contributed by atoms with Gasteiger partial charge >= 0.3 is 0 Å². The molecule has 1 aromatic heterocycles. The van der Waals surface area contributed by atoms with Crippen LogP contribution in [0, 0.1) is 0 Å². The van der Waals surface area contributed by atoms with E-state index in [9.17, 15) is 4.79 Å². The zero-order valence-corrected chi connectivity index (χ0v) is 11.7. The van der Waals surface area contributed by atoms with Crippen LogP contribution in [0.3, 0.4) is 0 Å². The van der Waals surface area contributed by atoms with Crippen molar-refractivity contribution in [2.45, 2.75) is 51.6 Å². The first kappa shape index (κ1) is 14.1. The Morgan fingerprint density at radius 1 is 1.47 bits per heavy atom. The molecule has 0 unspecified atom stereocenters. The van der Waals surface area contributed by atoms with Crippen molar-refractivity contribution in [3.05, 3.63) is 22.7 Å². The highest BCUT2D eigenvalue weighted by molar-refractivity contribution is 5.37. The Kier molecular flexibility index (Phi) is 4.96. The quantitative estimate of drug-likeness (QED) is 0.842. The zero-order chi connectivity index (χ0) is 13.7. The smallest absolute Gasteiger partial charge is 0.293 e. The maximum atomic E-state index is 12.4. The van der Waals surface area contributed by atoms with Gasteiger partial charge in [0, 0.05) is 38.1 Å². The molecule has 0 aromatic carbocycles. The van der Waals surface area contributed by atoms with Crippen LogP contribution in [0.25, 0.3) is 0 Å². The molecular weight excluding hydrogens is 240 g/mol. The Balaban J connectivity index is 2.30. The lowest BCUT2D eigenvalue weighted by Crippen LogP contribution is -2.42. The average molecular weight is 264 g/mol. The first-order valence-electron chi connectivity index (χ1n) is 7.30. The van der Waals surface area contributed by atoms with Gasteiger partial charge in [-0.1, -0.05) is 19.8 Å². The van der Waals surface area contributed by atoms with Gasteiger partial charge in [0.25, 0.3) is 5.56 Å². The Hall–Kier alpha value is -1.36. The van der Waals surface area contributed by atoms with Crippen LogP contribution in [-0.4, -0.2) is 28.7 Å². The molecule has 0 saturated heterocycles. The molecule has 0 radical (unpaired) electrons. The van der Waals surface area contributed by atoms with Crippen molar-refractivity contribution in [3.8, 4) is 0 Å². The maximum Gasteiger partial charge on any atom is 0.293 e. The number of nitrogens with two attached hydrogens (primary N) is 1. The summed E-state index contributed by atoms with van der Waals surface area (Å²) in [6.45, 7) is 4.08. The van der Waals surface area contributed by atoms with E-state index in [4.69, 9.17) is 5.73 Å². The second-order valence-electron chi connectivity index (χ2n) is 5.17. The average Bonchev–Trinajstić information content (AvgIpc) is 2.93. The van der Waals surface area contributed by atoms with Crippen LogP contribution < -0.4 is 16.2 Å². The summed E-state index contributed by atoms with van der Waals surface area (Å²) in [5.74, 6) is 0.577. The minimum atomic E-state index is 0.0182. The van der Waals surface area contributed by atoms with Crippen molar-refractivity contribution >= 4 is 5.82 Å². The van der Waals surface area contributed by atoms with Gasteiger partial charge in [-0.2, -0.15) is 0 Å². The normalized spacial score (nSPS) is 15.9. The minimum absolute atomic E-state index is 0.0182. The summed E-state index contributed by atoms with van der Waals surface area (Å²) in [4.78, 5) is 18.9. The topological polar surface area (TPSA) is 64.2 Å². The highest BCUT2D eigenvalue weighted by Gasteiger charge is 2.25. The van der Waals surface area contributed by atoms with Crippen LogP contribution in [0.5, 0.6) is 0 Å². The molecule has 0 amide bonds. The number of hydrogen-bond donors (Lipinski definition) is 1. The number of aryl methyl sites for hydroxylation is 1. The molecule has 19 heavy (non-hydrogen) atoms. The van der Waals surface area contributed by atoms with E-state index in [1.54, 1.807) is 17.0 Å². The van der Waals surface area contributed by atoms with E-state index >= 15 is 0 Å². The predicted octanol–water partition coefficient (Wildman–Crippen LogP) is 1.36. The summed E-state index contributed by atoms with van der Waals surface area (Å²) < 4.78 is 1.75. The molecule has 5 heteroatoms. The summed E-state index contributed by atoms with van der Waals surface area (Å²) in [5.41, 5.74) is 5.72. The summed E-state index contributed by atoms with van der Waals surface area (Å²) in [6.07, 6.45) is 9.20. The summed E-state index contributed by atoms with van der Waals surface area (Å²) >= 11 is 0. The zero-order valence-electron chi connectivity index (χ0n) is 11.7. The third-order valence-electron chi connectivity index (χ3n) is 3.77. The first-order chi connectivity index (χ1) is 9.27. The fourth-order valence-corrected chi connectivity index (χ4v) is 2.87. The molecule has 1 heterocycles. The molecule has 2 N–H and O–H groups in total. The molecule has 2 rings (SSSR count). The summed E-state index contributed by atoms with van der Waals surface area (Å²) in [6, 6.07) is 0.432. The Morgan fingerprint density at radius 2 is 2.21 bits per heavy atom. The molecule has 1 aliphatic carbocycles. The summed E-state index contributed by atoms with van der Waals surface area (Å²) in [5, 5.41) is 0. The number of anilines is 1. The lowest BCUT2D eigenvalue weighted by atomic mass is 10.2. The van der Waals surface area contributed by atoms with Gasteiger partial charge in [0.1, 0.15) is 0 Å². The van der Waals surface area contributed by atoms with E-state index in [1.165, 1.54) is 12.8 Å². The predicted molar refractivity (Wildman–Crippen MR) is 77.4 cm³/mol. The Morgan fingerprint density at radius 3 is 2.84 bits per heavy atom. The number of rotatable bonds is 6. The van der Waals surface area contributed by atoms with Gasteiger partial charge in [0.05, 0.1) is 0 Å². The van der Waals surface area contributed by atoms with E-state index < -0.39 is 0 Å². The number of hydrogen-bond acceptors (Lipinski definition) is 4. The largest absolute Gasteiger partial charge is 0.348 e. The van der Waals surface area contributed by atoms with E-state index in [0.717, 1.165) is 25.8 Å². The Bertz CT molecular complexity index is 451. The van der Waals surface area contributed by atoms with Gasteiger partial charge in [0.15, 0.2) is 5.82 Å². The maximum absolute atomic E-state index is 12.4. The molecular formula is C14H24N4O. The van der Waals surface area contributed by atoms with Gasteiger partial charge in [-0.15, -0.1) is 0 Å². The van der Waals surface area contributed by atoms with E-state index in [0.29, 0.717) is 24.9 Å². The van der Waals surface area contributed by atoms with Crippen LogP contribution in [0.1, 0.15) is 39.0 Å². The minimum Gasteiger partial charge on any atom is -0.348 e. The van der Waals surface area contributed by atoms with Crippen molar-refractivity contribution < 1.29 is 0 Å². The first-order valence-corrected chi connectivity index (χ1v) is 7.30. The standard InChI is InChI=1S/C14H24N4O/c1-2-9-17-11-8-16-13(14(17)19)18(10-7-15)12-5-3-4-6-12/h8,11-12H,2-7,9-10,15H2,1H3.